The van der Waals surface area contributed by atoms with Crippen LogP contribution in [0.15, 0.2) is 60.7 Å². The number of nitro benzene ring substituents is 2. The lowest BCUT2D eigenvalue weighted by Gasteiger charge is -2.11. The Morgan fingerprint density at radius 1 is 0.976 bits per heavy atom. The lowest BCUT2D eigenvalue weighted by atomic mass is 10.1. The average molecular weight is 549 g/mol. The molecule has 0 saturated carbocycles. The molecule has 0 radical (unpaired) electrons. The number of H-pyrrole nitrogens is 1. The summed E-state index contributed by atoms with van der Waals surface area (Å²) >= 11 is 0. The summed E-state index contributed by atoms with van der Waals surface area (Å²) in [5.74, 6) is 0.726. The third-order valence-corrected chi connectivity index (χ3v) is 6.92. The molecule has 0 amide bonds. The number of imidazole rings is 1. The molecule has 5 aromatic rings. The second-order valence-corrected chi connectivity index (χ2v) is 9.63. The predicted molar refractivity (Wildman–Crippen MR) is 154 cm³/mol. The summed E-state index contributed by atoms with van der Waals surface area (Å²) in [6, 6.07) is 18.4. The molecule has 1 N–H and O–H groups in total. The van der Waals surface area contributed by atoms with Crippen molar-refractivity contribution in [1.29, 1.82) is 5.26 Å². The maximum atomic E-state index is 11.4. The van der Waals surface area contributed by atoms with Crippen molar-refractivity contribution in [1.82, 2.24) is 14.5 Å². The number of benzene rings is 3. The van der Waals surface area contributed by atoms with Crippen molar-refractivity contribution in [3.63, 3.8) is 0 Å². The van der Waals surface area contributed by atoms with Gasteiger partial charge in [-0.05, 0) is 99.0 Å². The minimum Gasteiger partial charge on any atom is -0.450 e. The number of allylic oxidation sites excluding steroid dienone is 1. The van der Waals surface area contributed by atoms with E-state index in [1.165, 1.54) is 6.07 Å². The number of nitrogens with zero attached hydrogens (tertiary/aromatic N) is 5. The highest BCUT2D eigenvalue weighted by Crippen LogP contribution is 2.35. The first-order valence-electron chi connectivity index (χ1n) is 12.5. The molecule has 0 unspecified atom stereocenters. The molecular formula is C30H24N6O5. The van der Waals surface area contributed by atoms with Gasteiger partial charge in [-0.15, -0.1) is 0 Å². The van der Waals surface area contributed by atoms with E-state index in [2.05, 4.69) is 16.0 Å². The van der Waals surface area contributed by atoms with Crippen molar-refractivity contribution in [3.05, 3.63) is 115 Å². The topological polar surface area (TPSA) is 153 Å². The Bertz CT molecular complexity index is 1890. The summed E-state index contributed by atoms with van der Waals surface area (Å²) in [7, 11) is 0. The second kappa shape index (κ2) is 10.4. The lowest BCUT2D eigenvalue weighted by Crippen LogP contribution is -1.99. The molecule has 41 heavy (non-hydrogen) atoms. The Kier molecular flexibility index (Phi) is 6.82. The van der Waals surface area contributed by atoms with Gasteiger partial charge >= 0.3 is 5.69 Å². The van der Waals surface area contributed by atoms with Crippen LogP contribution >= 0.6 is 0 Å². The quantitative estimate of drug-likeness (QED) is 0.128. The molecule has 5 rings (SSSR count). The summed E-state index contributed by atoms with van der Waals surface area (Å²) in [6.07, 6.45) is 1.81. The molecule has 0 atom stereocenters. The number of aryl methyl sites for hydroxylation is 3. The number of aromatic nitrogens is 3. The second-order valence-electron chi connectivity index (χ2n) is 9.63. The highest BCUT2D eigenvalue weighted by atomic mass is 16.6. The number of non-ortho nitro benzene ring substituents is 1. The van der Waals surface area contributed by atoms with E-state index in [1.54, 1.807) is 24.3 Å². The summed E-state index contributed by atoms with van der Waals surface area (Å²) in [4.78, 5) is 28.9. The van der Waals surface area contributed by atoms with E-state index in [0.29, 0.717) is 17.1 Å². The molecule has 3 aromatic carbocycles. The summed E-state index contributed by atoms with van der Waals surface area (Å²) in [5.41, 5.74) is 6.96. The number of ether oxygens (including phenoxy) is 1. The zero-order chi connectivity index (χ0) is 29.4. The van der Waals surface area contributed by atoms with Gasteiger partial charge in [0.1, 0.15) is 17.6 Å². The van der Waals surface area contributed by atoms with Crippen LogP contribution < -0.4 is 4.74 Å². The third kappa shape index (κ3) is 5.14. The van der Waals surface area contributed by atoms with Gasteiger partial charge in [-0.25, -0.2) is 4.98 Å². The molecular weight excluding hydrogens is 524 g/mol. The van der Waals surface area contributed by atoms with E-state index in [-0.39, 0.29) is 5.75 Å². The fourth-order valence-electron chi connectivity index (χ4n) is 4.68. The fraction of sp³-hybridized carbons (Fsp3) is 0.133. The summed E-state index contributed by atoms with van der Waals surface area (Å²) < 4.78 is 7.71. The first-order valence-corrected chi connectivity index (χ1v) is 12.5. The molecule has 0 saturated heterocycles. The molecule has 0 spiro atoms. The van der Waals surface area contributed by atoms with Crippen LogP contribution in [-0.2, 0) is 0 Å². The zero-order valence-corrected chi connectivity index (χ0v) is 22.6. The fourth-order valence-corrected chi connectivity index (χ4v) is 4.68. The lowest BCUT2D eigenvalue weighted by molar-refractivity contribution is -0.394. The molecule has 0 aliphatic rings. The SMILES string of the molecule is Cc1cc2nc(/C(C#N)=C\c3cc(C)n(-c4ccc(Oc5ccc([N+](=O)[O-])cc5[N+](=O)[O-])cc4)c3C)[nH]c2cc1C. The number of hydrogen-bond donors (Lipinski definition) is 1. The Morgan fingerprint density at radius 2 is 1.68 bits per heavy atom. The minimum atomic E-state index is -0.721. The Labute approximate surface area is 234 Å². The number of hydrogen-bond acceptors (Lipinski definition) is 7. The maximum Gasteiger partial charge on any atom is 0.318 e. The first kappa shape index (κ1) is 26.8. The normalized spacial score (nSPS) is 11.4. The minimum absolute atomic E-state index is 0.103. The van der Waals surface area contributed by atoms with Crippen molar-refractivity contribution >= 4 is 34.1 Å². The maximum absolute atomic E-state index is 11.4. The number of nitriles is 1. The molecule has 11 heteroatoms. The molecule has 204 valence electrons. The van der Waals surface area contributed by atoms with E-state index in [1.807, 2.05) is 56.5 Å². The van der Waals surface area contributed by atoms with Crippen LogP contribution in [0.4, 0.5) is 11.4 Å². The number of aromatic amines is 1. The summed E-state index contributed by atoms with van der Waals surface area (Å²) in [6.45, 7) is 7.96. The van der Waals surface area contributed by atoms with E-state index in [9.17, 15) is 25.5 Å². The van der Waals surface area contributed by atoms with Crippen molar-refractivity contribution < 1.29 is 14.6 Å². The van der Waals surface area contributed by atoms with E-state index >= 15 is 0 Å². The van der Waals surface area contributed by atoms with Crippen molar-refractivity contribution in [2.24, 2.45) is 0 Å². The van der Waals surface area contributed by atoms with Gasteiger partial charge < -0.3 is 14.3 Å². The van der Waals surface area contributed by atoms with Gasteiger partial charge in [-0.1, -0.05) is 0 Å². The first-order chi connectivity index (χ1) is 19.5. The van der Waals surface area contributed by atoms with Crippen molar-refractivity contribution in [2.45, 2.75) is 27.7 Å². The highest BCUT2D eigenvalue weighted by molar-refractivity contribution is 5.91. The largest absolute Gasteiger partial charge is 0.450 e. The zero-order valence-electron chi connectivity index (χ0n) is 22.6. The molecule has 0 aliphatic heterocycles. The van der Waals surface area contributed by atoms with Gasteiger partial charge in [0.15, 0.2) is 0 Å². The van der Waals surface area contributed by atoms with Crippen molar-refractivity contribution in [3.8, 4) is 23.3 Å². The van der Waals surface area contributed by atoms with E-state index in [0.717, 1.165) is 56.9 Å². The Hall–Kier alpha value is -5.76. The monoisotopic (exact) mass is 548 g/mol. The van der Waals surface area contributed by atoms with E-state index < -0.39 is 21.2 Å². The number of nitrogens with one attached hydrogen (secondary N) is 1. The number of nitro groups is 2. The third-order valence-electron chi connectivity index (χ3n) is 6.92. The van der Waals surface area contributed by atoms with Crippen molar-refractivity contribution in [2.75, 3.05) is 0 Å². The van der Waals surface area contributed by atoms with Gasteiger partial charge in [-0.2, -0.15) is 5.26 Å². The van der Waals surface area contributed by atoms with Crippen LogP contribution in [0.1, 0.15) is 33.9 Å². The van der Waals surface area contributed by atoms with Gasteiger partial charge in [0.05, 0.1) is 32.5 Å². The van der Waals surface area contributed by atoms with Gasteiger partial charge in [0.2, 0.25) is 5.75 Å². The molecule has 11 nitrogen and oxygen atoms in total. The van der Waals surface area contributed by atoms with Gasteiger partial charge in [0.25, 0.3) is 5.69 Å². The van der Waals surface area contributed by atoms with Gasteiger partial charge in [-0.3, -0.25) is 20.2 Å². The van der Waals surface area contributed by atoms with Crippen LogP contribution in [0.3, 0.4) is 0 Å². The van der Waals surface area contributed by atoms with Crippen LogP contribution in [0.2, 0.25) is 0 Å². The number of rotatable bonds is 7. The Balaban J connectivity index is 1.44. The van der Waals surface area contributed by atoms with Crippen LogP contribution in [-0.4, -0.2) is 24.4 Å². The highest BCUT2D eigenvalue weighted by Gasteiger charge is 2.21. The molecule has 0 aliphatic carbocycles. The average Bonchev–Trinajstić information content (AvgIpc) is 3.46. The summed E-state index contributed by atoms with van der Waals surface area (Å²) in [5, 5.41) is 32.4. The standard InChI is InChI=1S/C30H24N6O5/c1-17-11-26-27(12-18(17)2)33-30(32-26)22(16-31)14-21-13-19(3)34(20(21)4)23-5-8-25(9-6-23)41-29-10-7-24(35(37)38)15-28(29)36(39)40/h5-15H,1-4H3,(H,32,33)/b22-14-. The molecule has 2 aromatic heterocycles. The molecule has 2 heterocycles. The van der Waals surface area contributed by atoms with Crippen LogP contribution in [0, 0.1) is 59.3 Å². The number of fused-ring (bicyclic) bond motifs is 1. The molecule has 0 bridgehead atoms. The predicted octanol–water partition coefficient (Wildman–Crippen LogP) is 7.26. The van der Waals surface area contributed by atoms with E-state index in [4.69, 9.17) is 4.74 Å². The Morgan fingerprint density at radius 3 is 2.34 bits per heavy atom. The van der Waals surface area contributed by atoms with Gasteiger partial charge in [0, 0.05) is 23.1 Å². The smallest absolute Gasteiger partial charge is 0.318 e. The molecule has 0 fully saturated rings. The van der Waals surface area contributed by atoms with Crippen LogP contribution in [0.5, 0.6) is 11.5 Å². The van der Waals surface area contributed by atoms with Crippen LogP contribution in [0.25, 0.3) is 28.4 Å².